The van der Waals surface area contributed by atoms with E-state index in [9.17, 15) is 5.11 Å². The number of hydrogen-bond donors (Lipinski definition) is 1. The van der Waals surface area contributed by atoms with Crippen LogP contribution in [0.15, 0.2) is 0 Å². The van der Waals surface area contributed by atoms with Gasteiger partial charge in [0.15, 0.2) is 6.29 Å². The Morgan fingerprint density at radius 1 is 1.40 bits per heavy atom. The van der Waals surface area contributed by atoms with Crippen LogP contribution < -0.4 is 0 Å². The Kier molecular flexibility index (Phi) is 2.68. The van der Waals surface area contributed by atoms with Crippen LogP contribution >= 0.6 is 8.60 Å². The van der Waals surface area contributed by atoms with Gasteiger partial charge in [0.25, 0.3) is 0 Å². The minimum atomic E-state index is -1.28. The molecule has 0 aliphatic carbocycles. The van der Waals surface area contributed by atoms with E-state index >= 15 is 0 Å². The number of ether oxygens (including phenoxy) is 2. The third kappa shape index (κ3) is 1.61. The zero-order valence-electron chi connectivity index (χ0n) is 8.24. The summed E-state index contributed by atoms with van der Waals surface area (Å²) in [4.78, 5) is 0. The Hall–Kier alpha value is 0.190. The van der Waals surface area contributed by atoms with E-state index in [1.807, 2.05) is 6.92 Å². The Labute approximate surface area is 88.4 Å². The summed E-state index contributed by atoms with van der Waals surface area (Å²) in [5.41, 5.74) is 0. The van der Waals surface area contributed by atoms with Gasteiger partial charge in [-0.2, -0.15) is 0 Å². The average molecular weight is 236 g/mol. The molecule has 15 heavy (non-hydrogen) atoms. The molecule has 3 rings (SSSR count). The van der Waals surface area contributed by atoms with E-state index in [0.717, 1.165) is 0 Å². The van der Waals surface area contributed by atoms with Gasteiger partial charge >= 0.3 is 8.60 Å². The molecule has 0 aromatic carbocycles. The van der Waals surface area contributed by atoms with Gasteiger partial charge in [-0.25, -0.2) is 0 Å². The zero-order valence-corrected chi connectivity index (χ0v) is 9.13. The molecule has 1 N–H and O–H groups in total. The van der Waals surface area contributed by atoms with Crippen molar-refractivity contribution in [1.29, 1.82) is 0 Å². The molecule has 0 aromatic rings. The van der Waals surface area contributed by atoms with E-state index in [4.69, 9.17) is 23.0 Å². The van der Waals surface area contributed by atoms with Crippen LogP contribution in [0.3, 0.4) is 0 Å². The molecule has 2 bridgehead atoms. The number of aliphatic hydroxyl groups excluding tert-OH is 1. The highest BCUT2D eigenvalue weighted by molar-refractivity contribution is 7.42. The molecule has 6 nitrogen and oxygen atoms in total. The second kappa shape index (κ2) is 3.89. The molecule has 3 fully saturated rings. The fourth-order valence-electron chi connectivity index (χ4n) is 2.00. The smallest absolute Gasteiger partial charge is 0.333 e. The molecular formula is C8H13O6P. The first-order chi connectivity index (χ1) is 7.29. The number of rotatable bonds is 2. The van der Waals surface area contributed by atoms with Crippen LogP contribution in [0.25, 0.3) is 0 Å². The molecule has 0 amide bonds. The standard InChI is InChI=1S/C8H13O6P/c1-2-10-8-5(9)7-6(12-8)4-3-11-15(13-4)14-7/h4-9H,2-3H2,1H3/t4-,5-,6-,7-,8+,15?/m1/s1. The van der Waals surface area contributed by atoms with Crippen LogP contribution in [0.2, 0.25) is 0 Å². The predicted octanol–water partition coefficient (Wildman–Crippen LogP) is 0.150. The molecular weight excluding hydrogens is 223 g/mol. The van der Waals surface area contributed by atoms with Crippen LogP contribution in [0.1, 0.15) is 6.92 Å². The van der Waals surface area contributed by atoms with Crippen molar-refractivity contribution in [3.8, 4) is 0 Å². The lowest BCUT2D eigenvalue weighted by Gasteiger charge is -2.28. The average Bonchev–Trinajstić information content (AvgIpc) is 2.75. The predicted molar refractivity (Wildman–Crippen MR) is 48.9 cm³/mol. The fraction of sp³-hybridized carbons (Fsp3) is 1.00. The van der Waals surface area contributed by atoms with Crippen molar-refractivity contribution in [3.05, 3.63) is 0 Å². The van der Waals surface area contributed by atoms with Gasteiger partial charge in [-0.05, 0) is 6.92 Å². The SMILES string of the molecule is CCO[C@H]1O[C@H]2[C@H](OP3OC[C@H]2O3)[C@H]1O. The second-order valence-electron chi connectivity index (χ2n) is 3.65. The number of fused-ring (bicyclic) bond motifs is 4. The number of aliphatic hydroxyl groups is 1. The monoisotopic (exact) mass is 236 g/mol. The van der Waals surface area contributed by atoms with E-state index in [1.54, 1.807) is 0 Å². The van der Waals surface area contributed by atoms with Gasteiger partial charge in [0.05, 0.1) is 6.61 Å². The maximum Gasteiger partial charge on any atom is 0.333 e. The first-order valence-electron chi connectivity index (χ1n) is 5.01. The lowest BCUT2D eigenvalue weighted by Crippen LogP contribution is -2.42. The van der Waals surface area contributed by atoms with E-state index in [-0.39, 0.29) is 18.3 Å². The quantitative estimate of drug-likeness (QED) is 0.688. The van der Waals surface area contributed by atoms with E-state index in [2.05, 4.69) is 0 Å². The summed E-state index contributed by atoms with van der Waals surface area (Å²) < 4.78 is 26.9. The molecule has 0 saturated carbocycles. The Morgan fingerprint density at radius 3 is 3.07 bits per heavy atom. The number of hydrogen-bond acceptors (Lipinski definition) is 6. The van der Waals surface area contributed by atoms with E-state index in [0.29, 0.717) is 13.2 Å². The van der Waals surface area contributed by atoms with Gasteiger partial charge in [-0.1, -0.05) is 0 Å². The van der Waals surface area contributed by atoms with Crippen molar-refractivity contribution in [2.75, 3.05) is 13.2 Å². The van der Waals surface area contributed by atoms with Crippen LogP contribution in [0.4, 0.5) is 0 Å². The van der Waals surface area contributed by atoms with E-state index < -0.39 is 21.0 Å². The molecule has 0 spiro atoms. The molecule has 3 saturated heterocycles. The Bertz CT molecular complexity index is 251. The summed E-state index contributed by atoms with van der Waals surface area (Å²) in [5, 5.41) is 9.90. The van der Waals surface area contributed by atoms with Crippen molar-refractivity contribution < 1.29 is 28.2 Å². The summed E-state index contributed by atoms with van der Waals surface area (Å²) in [6.45, 7) is 2.82. The molecule has 1 unspecified atom stereocenters. The maximum atomic E-state index is 9.90. The van der Waals surface area contributed by atoms with Gasteiger partial charge < -0.3 is 28.2 Å². The fourth-order valence-corrected chi connectivity index (χ4v) is 3.29. The summed E-state index contributed by atoms with van der Waals surface area (Å²) in [5.74, 6) is 0. The summed E-state index contributed by atoms with van der Waals surface area (Å²) >= 11 is 0. The molecule has 86 valence electrons. The summed E-state index contributed by atoms with van der Waals surface area (Å²) in [6, 6.07) is 0. The lowest BCUT2D eigenvalue weighted by molar-refractivity contribution is -0.172. The molecule has 7 heteroatoms. The van der Waals surface area contributed by atoms with Crippen molar-refractivity contribution in [1.82, 2.24) is 0 Å². The summed E-state index contributed by atoms with van der Waals surface area (Å²) in [6.07, 6.45) is -2.15. The van der Waals surface area contributed by atoms with Crippen molar-refractivity contribution in [3.63, 3.8) is 0 Å². The molecule has 3 aliphatic rings. The highest BCUT2D eigenvalue weighted by Crippen LogP contribution is 2.55. The van der Waals surface area contributed by atoms with Crippen LogP contribution in [-0.2, 0) is 23.0 Å². The first-order valence-corrected chi connectivity index (χ1v) is 6.11. The van der Waals surface area contributed by atoms with Crippen LogP contribution in [-0.4, -0.2) is 49.0 Å². The van der Waals surface area contributed by atoms with Gasteiger partial charge in [-0.3, -0.25) is 0 Å². The first kappa shape index (κ1) is 10.4. The Balaban J connectivity index is 1.75. The highest BCUT2D eigenvalue weighted by atomic mass is 31.2. The van der Waals surface area contributed by atoms with Crippen molar-refractivity contribution >= 4 is 8.60 Å². The lowest BCUT2D eigenvalue weighted by atomic mass is 10.1. The summed E-state index contributed by atoms with van der Waals surface area (Å²) in [7, 11) is -1.28. The maximum absolute atomic E-state index is 9.90. The minimum Gasteiger partial charge on any atom is -0.385 e. The van der Waals surface area contributed by atoms with Crippen molar-refractivity contribution in [2.24, 2.45) is 0 Å². The topological polar surface area (TPSA) is 66.4 Å². The van der Waals surface area contributed by atoms with Gasteiger partial charge in [-0.15, -0.1) is 0 Å². The largest absolute Gasteiger partial charge is 0.385 e. The molecule has 6 atom stereocenters. The molecule has 3 aliphatic heterocycles. The van der Waals surface area contributed by atoms with Gasteiger partial charge in [0.2, 0.25) is 0 Å². The Morgan fingerprint density at radius 2 is 2.27 bits per heavy atom. The highest BCUT2D eigenvalue weighted by Gasteiger charge is 2.56. The van der Waals surface area contributed by atoms with Crippen LogP contribution in [0.5, 0.6) is 0 Å². The third-order valence-electron chi connectivity index (χ3n) is 2.70. The third-order valence-corrected chi connectivity index (χ3v) is 3.92. The minimum absolute atomic E-state index is 0.130. The van der Waals surface area contributed by atoms with Gasteiger partial charge in [0, 0.05) is 6.61 Å². The normalized spacial score (nSPS) is 53.2. The molecule has 0 aromatic heterocycles. The molecule has 0 radical (unpaired) electrons. The zero-order chi connectivity index (χ0) is 10.4. The van der Waals surface area contributed by atoms with Crippen LogP contribution in [0, 0.1) is 0 Å². The van der Waals surface area contributed by atoms with E-state index in [1.165, 1.54) is 0 Å². The second-order valence-corrected chi connectivity index (χ2v) is 4.78. The van der Waals surface area contributed by atoms with Gasteiger partial charge in [0.1, 0.15) is 24.4 Å². The molecule has 3 heterocycles. The van der Waals surface area contributed by atoms with Crippen molar-refractivity contribution in [2.45, 2.75) is 37.6 Å².